The Kier molecular flexibility index (Phi) is 6.32. The van der Waals surface area contributed by atoms with Crippen LogP contribution in [0.1, 0.15) is 56.6 Å². The van der Waals surface area contributed by atoms with Crippen LogP contribution in [0.15, 0.2) is 85.1 Å². The fourth-order valence-electron chi connectivity index (χ4n) is 5.65. The molecule has 0 amide bonds. The van der Waals surface area contributed by atoms with Crippen molar-refractivity contribution in [2.45, 2.75) is 52.4 Å². The lowest BCUT2D eigenvalue weighted by atomic mass is 9.71. The Morgan fingerprint density at radius 3 is 2.17 bits per heavy atom. The minimum absolute atomic E-state index is 0.492. The van der Waals surface area contributed by atoms with Gasteiger partial charge in [-0.25, -0.2) is 0 Å². The monoisotopic (exact) mass is 462 g/mol. The normalized spacial score (nSPS) is 15.8. The van der Waals surface area contributed by atoms with Gasteiger partial charge in [-0.2, -0.15) is 9.13 Å². The molecule has 2 aromatic carbocycles. The summed E-state index contributed by atoms with van der Waals surface area (Å²) in [5.74, 6) is 0.668. The molecule has 0 atom stereocenters. The molecule has 1 aliphatic carbocycles. The van der Waals surface area contributed by atoms with Crippen molar-refractivity contribution in [1.29, 1.82) is 0 Å². The Hall–Kier alpha value is -3.26. The SMILES string of the molecule is Cc1ccc(-c2ccccc2)cc1-c1cccc(-c2cc(C3CCC(C)(C)CC3)cc[n+]2C)[n+]1C. The highest BCUT2D eigenvalue weighted by atomic mass is 15.0. The highest BCUT2D eigenvalue weighted by molar-refractivity contribution is 5.73. The fraction of sp³-hybridized carbons (Fsp3) is 0.333. The average Bonchev–Trinajstić information content (AvgIpc) is 2.86. The lowest BCUT2D eigenvalue weighted by molar-refractivity contribution is -0.685. The van der Waals surface area contributed by atoms with Gasteiger partial charge in [-0.1, -0.05) is 56.3 Å². The number of pyridine rings is 2. The summed E-state index contributed by atoms with van der Waals surface area (Å²) < 4.78 is 4.63. The van der Waals surface area contributed by atoms with E-state index in [1.165, 1.54) is 70.6 Å². The van der Waals surface area contributed by atoms with Crippen molar-refractivity contribution in [2.24, 2.45) is 19.5 Å². The average molecular weight is 463 g/mol. The highest BCUT2D eigenvalue weighted by Gasteiger charge is 2.30. The molecule has 4 aromatic rings. The first-order chi connectivity index (χ1) is 16.8. The first kappa shape index (κ1) is 23.5. The standard InChI is InChI=1S/C33H38N2/c1-24-14-15-27(25-10-7-6-8-11-25)22-29(24)30-12-9-13-31(35(30)5)32-23-28(18-21-34(32)4)26-16-19-33(2,3)20-17-26/h6-15,18,21-23,26H,16-17,19-20H2,1-5H3/q+2. The third kappa shape index (κ3) is 4.80. The second kappa shape index (κ2) is 9.41. The summed E-state index contributed by atoms with van der Waals surface area (Å²) in [4.78, 5) is 0. The van der Waals surface area contributed by atoms with Crippen molar-refractivity contribution in [1.82, 2.24) is 0 Å². The van der Waals surface area contributed by atoms with E-state index >= 15 is 0 Å². The molecule has 5 rings (SSSR count). The number of hydrogen-bond acceptors (Lipinski definition) is 0. The van der Waals surface area contributed by atoms with Crippen LogP contribution in [0.25, 0.3) is 33.8 Å². The molecule has 0 saturated heterocycles. The number of rotatable bonds is 4. The summed E-state index contributed by atoms with van der Waals surface area (Å²) >= 11 is 0. The van der Waals surface area contributed by atoms with Gasteiger partial charge < -0.3 is 0 Å². The lowest BCUT2D eigenvalue weighted by Crippen LogP contribution is -2.40. The smallest absolute Gasteiger partial charge is 0.196 e. The second-order valence-electron chi connectivity index (χ2n) is 11.1. The van der Waals surface area contributed by atoms with Gasteiger partial charge in [0.1, 0.15) is 14.1 Å². The van der Waals surface area contributed by atoms with E-state index in [1.807, 2.05) is 0 Å². The van der Waals surface area contributed by atoms with Crippen LogP contribution in [-0.4, -0.2) is 0 Å². The van der Waals surface area contributed by atoms with Crippen LogP contribution in [-0.2, 0) is 14.1 Å². The maximum absolute atomic E-state index is 2.44. The third-order valence-corrected chi connectivity index (χ3v) is 8.10. The molecule has 0 N–H and O–H groups in total. The van der Waals surface area contributed by atoms with Gasteiger partial charge in [0.05, 0.1) is 0 Å². The van der Waals surface area contributed by atoms with Gasteiger partial charge in [-0.15, -0.1) is 0 Å². The van der Waals surface area contributed by atoms with Gasteiger partial charge in [0.2, 0.25) is 5.69 Å². The van der Waals surface area contributed by atoms with Gasteiger partial charge in [0.25, 0.3) is 11.4 Å². The van der Waals surface area contributed by atoms with Crippen LogP contribution in [0, 0.1) is 12.3 Å². The molecule has 1 aliphatic rings. The van der Waals surface area contributed by atoms with Crippen LogP contribution in [0.2, 0.25) is 0 Å². The molecule has 178 valence electrons. The summed E-state index contributed by atoms with van der Waals surface area (Å²) in [5, 5.41) is 0. The molecule has 0 bridgehead atoms. The largest absolute Gasteiger partial charge is 0.277 e. The van der Waals surface area contributed by atoms with Crippen molar-refractivity contribution in [2.75, 3.05) is 0 Å². The van der Waals surface area contributed by atoms with Gasteiger partial charge in [0, 0.05) is 29.8 Å². The van der Waals surface area contributed by atoms with E-state index in [0.717, 1.165) is 0 Å². The van der Waals surface area contributed by atoms with Crippen molar-refractivity contribution in [3.05, 3.63) is 96.2 Å². The van der Waals surface area contributed by atoms with Crippen molar-refractivity contribution < 1.29 is 9.13 Å². The third-order valence-electron chi connectivity index (χ3n) is 8.10. The lowest BCUT2D eigenvalue weighted by Gasteiger charge is -2.34. The van der Waals surface area contributed by atoms with Crippen LogP contribution < -0.4 is 9.13 Å². The summed E-state index contributed by atoms with van der Waals surface area (Å²) in [6.45, 7) is 7.04. The Morgan fingerprint density at radius 2 is 1.43 bits per heavy atom. The van der Waals surface area contributed by atoms with Crippen molar-refractivity contribution in [3.8, 4) is 33.8 Å². The van der Waals surface area contributed by atoms with E-state index in [1.54, 1.807) is 0 Å². The number of benzene rings is 2. The zero-order chi connectivity index (χ0) is 24.6. The Bertz CT molecular complexity index is 1340. The molecule has 0 radical (unpaired) electrons. The number of nitrogens with zero attached hydrogens (tertiary/aromatic N) is 2. The minimum atomic E-state index is 0.492. The van der Waals surface area contributed by atoms with E-state index in [9.17, 15) is 0 Å². The molecular formula is C33H38N2+2. The van der Waals surface area contributed by atoms with Crippen LogP contribution in [0.3, 0.4) is 0 Å². The highest BCUT2D eigenvalue weighted by Crippen LogP contribution is 2.42. The molecule has 0 unspecified atom stereocenters. The minimum Gasteiger partial charge on any atom is -0.196 e. The van der Waals surface area contributed by atoms with Crippen LogP contribution >= 0.6 is 0 Å². The Labute approximate surface area is 210 Å². The van der Waals surface area contributed by atoms with Gasteiger partial charge >= 0.3 is 0 Å². The molecule has 1 fully saturated rings. The Balaban J connectivity index is 1.55. The number of aromatic nitrogens is 2. The molecule has 0 aliphatic heterocycles. The quantitative estimate of drug-likeness (QED) is 0.281. The molecule has 1 saturated carbocycles. The molecular weight excluding hydrogens is 424 g/mol. The molecule has 2 heterocycles. The first-order valence-corrected chi connectivity index (χ1v) is 13.0. The van der Waals surface area contributed by atoms with E-state index in [4.69, 9.17) is 0 Å². The number of hydrogen-bond donors (Lipinski definition) is 0. The maximum Gasteiger partial charge on any atom is 0.277 e. The van der Waals surface area contributed by atoms with Crippen molar-refractivity contribution in [3.63, 3.8) is 0 Å². The summed E-state index contributed by atoms with van der Waals surface area (Å²) in [6.07, 6.45) is 7.45. The molecule has 2 aromatic heterocycles. The summed E-state index contributed by atoms with van der Waals surface area (Å²) in [5.41, 5.74) is 10.8. The second-order valence-corrected chi connectivity index (χ2v) is 11.1. The van der Waals surface area contributed by atoms with E-state index in [0.29, 0.717) is 11.3 Å². The zero-order valence-electron chi connectivity index (χ0n) is 21.9. The molecule has 0 spiro atoms. The first-order valence-electron chi connectivity index (χ1n) is 13.0. The predicted molar refractivity (Wildman–Crippen MR) is 145 cm³/mol. The topological polar surface area (TPSA) is 7.76 Å². The predicted octanol–water partition coefficient (Wildman–Crippen LogP) is 7.33. The van der Waals surface area contributed by atoms with Crippen LogP contribution in [0.4, 0.5) is 0 Å². The maximum atomic E-state index is 2.44. The van der Waals surface area contributed by atoms with E-state index < -0.39 is 0 Å². The van der Waals surface area contributed by atoms with E-state index in [2.05, 4.69) is 129 Å². The van der Waals surface area contributed by atoms with Gasteiger partial charge in [-0.05, 0) is 78.3 Å². The zero-order valence-corrected chi connectivity index (χ0v) is 21.9. The summed E-state index contributed by atoms with van der Waals surface area (Å²) in [6, 6.07) is 28.9. The van der Waals surface area contributed by atoms with E-state index in [-0.39, 0.29) is 0 Å². The molecule has 35 heavy (non-hydrogen) atoms. The van der Waals surface area contributed by atoms with Gasteiger partial charge in [-0.3, -0.25) is 0 Å². The molecule has 2 heteroatoms. The van der Waals surface area contributed by atoms with Crippen molar-refractivity contribution >= 4 is 0 Å². The van der Waals surface area contributed by atoms with Crippen LogP contribution in [0.5, 0.6) is 0 Å². The summed E-state index contributed by atoms with van der Waals surface area (Å²) in [7, 11) is 4.37. The fourth-order valence-corrected chi connectivity index (χ4v) is 5.65. The number of aryl methyl sites for hydroxylation is 2. The van der Waals surface area contributed by atoms with Gasteiger partial charge in [0.15, 0.2) is 6.20 Å². The molecule has 2 nitrogen and oxygen atoms in total. The Morgan fingerprint density at radius 1 is 0.714 bits per heavy atom.